The number of hydrogen-bond donors (Lipinski definition) is 1. The van der Waals surface area contributed by atoms with Crippen molar-refractivity contribution in [3.63, 3.8) is 0 Å². The van der Waals surface area contributed by atoms with Crippen LogP contribution in [0.15, 0.2) is 65.8 Å². The Labute approximate surface area is 297 Å². The number of hydrogen-bond acceptors (Lipinski definition) is 5. The van der Waals surface area contributed by atoms with Crippen molar-refractivity contribution in [3.05, 3.63) is 82.4 Å². The van der Waals surface area contributed by atoms with Crippen LogP contribution >= 0.6 is 11.3 Å². The lowest BCUT2D eigenvalue weighted by Crippen LogP contribution is -2.37. The molecular weight excluding hydrogens is 625 g/mol. The van der Waals surface area contributed by atoms with Gasteiger partial charge in [-0.05, 0) is 106 Å². The maximum absolute atomic E-state index is 12.2. The molecule has 1 aromatic carbocycles. The third-order valence-corrected chi connectivity index (χ3v) is 12.1. The zero-order valence-electron chi connectivity index (χ0n) is 30.1. The summed E-state index contributed by atoms with van der Waals surface area (Å²) < 4.78 is 3.66. The highest BCUT2D eigenvalue weighted by atomic mass is 32.1. The summed E-state index contributed by atoms with van der Waals surface area (Å²) in [5.74, 6) is 0.309. The van der Waals surface area contributed by atoms with Gasteiger partial charge in [0.05, 0.1) is 27.3 Å². The van der Waals surface area contributed by atoms with E-state index in [1.54, 1.807) is 6.20 Å². The fourth-order valence-corrected chi connectivity index (χ4v) is 9.57. The highest BCUT2D eigenvalue weighted by Gasteiger charge is 2.33. The van der Waals surface area contributed by atoms with Gasteiger partial charge in [0.2, 0.25) is 0 Å². The van der Waals surface area contributed by atoms with Gasteiger partial charge in [0, 0.05) is 43.5 Å². The summed E-state index contributed by atoms with van der Waals surface area (Å²) in [7, 11) is 0. The summed E-state index contributed by atoms with van der Waals surface area (Å²) >= 11 is 1.48. The van der Waals surface area contributed by atoms with E-state index in [1.165, 1.54) is 94.9 Å². The van der Waals surface area contributed by atoms with E-state index in [4.69, 9.17) is 0 Å². The molecule has 49 heavy (non-hydrogen) atoms. The number of aromatic carboxylic acids is 1. The van der Waals surface area contributed by atoms with Crippen LogP contribution in [0.25, 0.3) is 27.6 Å². The van der Waals surface area contributed by atoms with Gasteiger partial charge < -0.3 is 19.5 Å². The smallest absolute Gasteiger partial charge is 0.345 e. The maximum atomic E-state index is 12.2. The number of allylic oxidation sites excluding steroid dienone is 4. The Morgan fingerprint density at radius 2 is 1.90 bits per heavy atom. The van der Waals surface area contributed by atoms with Gasteiger partial charge in [-0.15, -0.1) is 11.3 Å². The van der Waals surface area contributed by atoms with Crippen molar-refractivity contribution in [2.24, 2.45) is 10.9 Å². The Morgan fingerprint density at radius 1 is 1.10 bits per heavy atom. The molecule has 1 N–H and O–H groups in total. The summed E-state index contributed by atoms with van der Waals surface area (Å²) in [5.41, 5.74) is 11.4. The van der Waals surface area contributed by atoms with Gasteiger partial charge in [0.25, 0.3) is 0 Å². The summed E-state index contributed by atoms with van der Waals surface area (Å²) in [5, 5.41) is 10.0. The minimum Gasteiger partial charge on any atom is -0.477 e. The van der Waals surface area contributed by atoms with Crippen LogP contribution in [-0.4, -0.2) is 59.0 Å². The Bertz CT molecular complexity index is 1820. The number of carboxylic acid groups (broad SMARTS) is 1. The predicted molar refractivity (Wildman–Crippen MR) is 210 cm³/mol. The molecule has 6 rings (SSSR count). The van der Waals surface area contributed by atoms with Gasteiger partial charge in [0.1, 0.15) is 4.88 Å². The zero-order chi connectivity index (χ0) is 34.7. The summed E-state index contributed by atoms with van der Waals surface area (Å²) in [6.07, 6.45) is 17.9. The second kappa shape index (κ2) is 15.5. The molecule has 0 radical (unpaired) electrons. The number of carboxylic acids is 1. The first-order chi connectivity index (χ1) is 23.7. The van der Waals surface area contributed by atoms with Gasteiger partial charge in [-0.25, -0.2) is 4.79 Å². The summed E-state index contributed by atoms with van der Waals surface area (Å²) in [6.45, 7) is 23.3. The third-order valence-electron chi connectivity index (χ3n) is 11.0. The van der Waals surface area contributed by atoms with E-state index in [0.717, 1.165) is 67.8 Å². The fraction of sp³-hybridized carbons (Fsp3) is 0.476. The average Bonchev–Trinajstić information content (AvgIpc) is 3.61. The van der Waals surface area contributed by atoms with Crippen LogP contribution in [0.5, 0.6) is 0 Å². The number of aryl methyl sites for hydroxylation is 1. The number of fused-ring (bicyclic) bond motifs is 5. The SMILES string of the molecule is C=C(C)C(=N/C=C\C)C(=C)/C=C\c1c(C)ccc2c1N(CCC1CCCN(CC)C1)CCn1c-2c(C2CCCCC2)c2sc(C(=O)O)cc21. The van der Waals surface area contributed by atoms with Crippen LogP contribution in [0.4, 0.5) is 5.69 Å². The monoisotopic (exact) mass is 678 g/mol. The number of benzene rings is 1. The molecule has 3 aromatic rings. The van der Waals surface area contributed by atoms with Crippen LogP contribution in [0, 0.1) is 12.8 Å². The fourth-order valence-electron chi connectivity index (χ4n) is 8.45. The second-order valence-corrected chi connectivity index (χ2v) is 15.4. The number of carbonyl (C=O) groups is 1. The second-order valence-electron chi connectivity index (χ2n) is 14.3. The van der Waals surface area contributed by atoms with Crippen molar-refractivity contribution < 1.29 is 9.90 Å². The van der Waals surface area contributed by atoms with Crippen LogP contribution in [-0.2, 0) is 6.54 Å². The number of likely N-dealkylation sites (tertiary alicyclic amines) is 1. The lowest BCUT2D eigenvalue weighted by atomic mass is 9.82. The molecule has 0 bridgehead atoms. The average molecular weight is 679 g/mol. The van der Waals surface area contributed by atoms with Crippen LogP contribution in [0.2, 0.25) is 0 Å². The predicted octanol–water partition coefficient (Wildman–Crippen LogP) is 10.5. The molecule has 6 nitrogen and oxygen atoms in total. The molecule has 1 saturated carbocycles. The van der Waals surface area contributed by atoms with Crippen molar-refractivity contribution in [1.29, 1.82) is 0 Å². The summed E-state index contributed by atoms with van der Waals surface area (Å²) in [6, 6.07) is 6.57. The minimum atomic E-state index is -0.829. The van der Waals surface area contributed by atoms with Crippen molar-refractivity contribution in [2.75, 3.05) is 37.6 Å². The maximum Gasteiger partial charge on any atom is 0.345 e. The number of rotatable bonds is 11. The number of nitrogens with zero attached hydrogens (tertiary/aromatic N) is 4. The van der Waals surface area contributed by atoms with Gasteiger partial charge in [-0.3, -0.25) is 4.99 Å². The molecule has 2 fully saturated rings. The Balaban J connectivity index is 1.51. The highest BCUT2D eigenvalue weighted by molar-refractivity contribution is 7.21. The number of aliphatic imine (C=N–C) groups is 1. The largest absolute Gasteiger partial charge is 0.477 e. The molecule has 1 aliphatic carbocycles. The first kappa shape index (κ1) is 35.2. The van der Waals surface area contributed by atoms with E-state index in [-0.39, 0.29) is 0 Å². The van der Waals surface area contributed by atoms with Crippen LogP contribution in [0.3, 0.4) is 0 Å². The normalized spacial score (nSPS) is 19.5. The topological polar surface area (TPSA) is 61.1 Å². The molecular formula is C42H54N4O2S. The van der Waals surface area contributed by atoms with Gasteiger partial charge in [-0.2, -0.15) is 0 Å². The number of aromatic nitrogens is 1. The van der Waals surface area contributed by atoms with Gasteiger partial charge >= 0.3 is 5.97 Å². The van der Waals surface area contributed by atoms with E-state index in [9.17, 15) is 9.90 Å². The van der Waals surface area contributed by atoms with E-state index in [2.05, 4.69) is 70.6 Å². The van der Waals surface area contributed by atoms with E-state index in [1.807, 2.05) is 26.0 Å². The Morgan fingerprint density at radius 3 is 2.61 bits per heavy atom. The minimum absolute atomic E-state index is 0.440. The third kappa shape index (κ3) is 7.29. The highest BCUT2D eigenvalue weighted by Crippen LogP contribution is 2.50. The molecule has 3 aliphatic rings. The van der Waals surface area contributed by atoms with E-state index in [0.29, 0.717) is 16.7 Å². The zero-order valence-corrected chi connectivity index (χ0v) is 30.9. The van der Waals surface area contributed by atoms with Crippen LogP contribution < -0.4 is 4.90 Å². The Kier molecular flexibility index (Phi) is 11.1. The molecule has 4 heterocycles. The molecule has 1 atom stereocenters. The molecule has 7 heteroatoms. The quantitative estimate of drug-likeness (QED) is 0.162. The van der Waals surface area contributed by atoms with E-state index >= 15 is 0 Å². The molecule has 260 valence electrons. The van der Waals surface area contributed by atoms with Crippen molar-refractivity contribution in [2.45, 2.75) is 91.5 Å². The lowest BCUT2D eigenvalue weighted by Gasteiger charge is -2.34. The van der Waals surface area contributed by atoms with Crippen molar-refractivity contribution >= 4 is 45.0 Å². The molecule has 1 unspecified atom stereocenters. The molecule has 2 aliphatic heterocycles. The molecule has 1 saturated heterocycles. The van der Waals surface area contributed by atoms with E-state index < -0.39 is 5.97 Å². The molecule has 2 aromatic heterocycles. The van der Waals surface area contributed by atoms with Crippen LogP contribution in [0.1, 0.15) is 104 Å². The summed E-state index contributed by atoms with van der Waals surface area (Å²) in [4.78, 5) is 22.6. The van der Waals surface area contributed by atoms with Gasteiger partial charge in [-0.1, -0.05) is 69.7 Å². The van der Waals surface area contributed by atoms with Crippen molar-refractivity contribution in [1.82, 2.24) is 9.47 Å². The number of piperidine rings is 1. The molecule has 0 amide bonds. The number of thiophene rings is 1. The number of anilines is 1. The first-order valence-corrected chi connectivity index (χ1v) is 19.3. The molecule has 0 spiro atoms. The van der Waals surface area contributed by atoms with Gasteiger partial charge in [0.15, 0.2) is 0 Å². The Hall–Kier alpha value is -3.68. The lowest BCUT2D eigenvalue weighted by molar-refractivity contribution is 0.0702. The first-order valence-electron chi connectivity index (χ1n) is 18.4. The standard InChI is InChI=1S/C42H54N4O2S/c1-7-21-43-38(28(3)4)30(6)17-18-33-29(5)16-19-34-39(33)45(23-20-31-13-12-22-44(8-2)27-31)24-25-46-35-26-36(42(47)48)49-41(35)37(40(34)46)32-14-10-9-11-15-32/h7,16-19,21,26,31-32H,3,6,8-15,20,22-25,27H2,1-2,4-5H3,(H,47,48)/b18-17-,21-7-,43-38?. The van der Waals surface area contributed by atoms with Crippen molar-refractivity contribution in [3.8, 4) is 11.3 Å².